The van der Waals surface area contributed by atoms with Gasteiger partial charge in [-0.1, -0.05) is 12.8 Å². The zero-order chi connectivity index (χ0) is 34.2. The Bertz CT molecular complexity index is 2000. The molecule has 14 nitrogen and oxygen atoms in total. The molecule has 254 valence electrons. The number of carbonyl (C=O) groups excluding carboxylic acids is 3. The van der Waals surface area contributed by atoms with Gasteiger partial charge in [-0.2, -0.15) is 9.37 Å². The SMILES string of the molecule is CC(=O)c1c(C)c2cnc(Nc3ccc(N4CCN(Cc5cc(N6CCC(=O)NC6=O)cnc5F)CC4)cn3)nc2n(C2CCCC2)c1=O. The van der Waals surface area contributed by atoms with Crippen molar-refractivity contribution in [1.29, 1.82) is 0 Å². The number of imide groups is 1. The molecule has 0 spiro atoms. The summed E-state index contributed by atoms with van der Waals surface area (Å²) < 4.78 is 16.3. The molecule has 4 aromatic heterocycles. The summed E-state index contributed by atoms with van der Waals surface area (Å²) in [6.45, 7) is 6.52. The molecule has 0 radical (unpaired) electrons. The van der Waals surface area contributed by atoms with Crippen molar-refractivity contribution in [2.24, 2.45) is 0 Å². The summed E-state index contributed by atoms with van der Waals surface area (Å²) in [6.07, 6.45) is 8.71. The highest BCUT2D eigenvalue weighted by Gasteiger charge is 2.27. The number of aryl methyl sites for hydroxylation is 1. The van der Waals surface area contributed by atoms with Crippen LogP contribution < -0.4 is 26.0 Å². The third-order valence-electron chi connectivity index (χ3n) is 9.63. The number of rotatable bonds is 8. The molecule has 0 bridgehead atoms. The summed E-state index contributed by atoms with van der Waals surface area (Å²) in [4.78, 5) is 73.1. The van der Waals surface area contributed by atoms with Gasteiger partial charge in [-0.15, -0.1) is 0 Å². The molecule has 6 heterocycles. The quantitative estimate of drug-likeness (QED) is 0.207. The number of hydrogen-bond donors (Lipinski definition) is 2. The minimum Gasteiger partial charge on any atom is -0.368 e. The minimum atomic E-state index is -0.583. The van der Waals surface area contributed by atoms with E-state index < -0.39 is 12.0 Å². The lowest BCUT2D eigenvalue weighted by Gasteiger charge is -2.36. The van der Waals surface area contributed by atoms with E-state index in [1.165, 1.54) is 18.0 Å². The number of aromatic nitrogens is 5. The molecule has 2 saturated heterocycles. The number of pyridine rings is 3. The third-order valence-corrected chi connectivity index (χ3v) is 9.63. The Morgan fingerprint density at radius 3 is 2.43 bits per heavy atom. The van der Waals surface area contributed by atoms with Crippen LogP contribution in [0, 0.1) is 12.9 Å². The van der Waals surface area contributed by atoms with Gasteiger partial charge < -0.3 is 10.2 Å². The van der Waals surface area contributed by atoms with E-state index in [9.17, 15) is 23.6 Å². The molecule has 4 aromatic rings. The van der Waals surface area contributed by atoms with Gasteiger partial charge in [-0.25, -0.2) is 19.7 Å². The maximum atomic E-state index is 14.7. The number of fused-ring (bicyclic) bond motifs is 1. The Morgan fingerprint density at radius 2 is 1.73 bits per heavy atom. The number of nitrogens with one attached hydrogen (secondary N) is 2. The molecule has 7 rings (SSSR count). The molecule has 0 unspecified atom stereocenters. The van der Waals surface area contributed by atoms with Gasteiger partial charge in [0.2, 0.25) is 17.8 Å². The average molecular weight is 669 g/mol. The number of Topliss-reactive ketones (excluding diaryl/α,β-unsaturated/α-hetero) is 1. The number of halogens is 1. The number of urea groups is 1. The summed E-state index contributed by atoms with van der Waals surface area (Å²) in [7, 11) is 0. The van der Waals surface area contributed by atoms with E-state index in [1.807, 2.05) is 12.1 Å². The fourth-order valence-corrected chi connectivity index (χ4v) is 7.03. The van der Waals surface area contributed by atoms with Gasteiger partial charge in [0.1, 0.15) is 11.5 Å². The molecule has 3 aliphatic rings. The number of nitrogens with zero attached hydrogens (tertiary/aromatic N) is 8. The Balaban J connectivity index is 1.01. The molecule has 2 aliphatic heterocycles. The molecule has 15 heteroatoms. The highest BCUT2D eigenvalue weighted by Crippen LogP contribution is 2.32. The van der Waals surface area contributed by atoms with E-state index in [-0.39, 0.29) is 41.8 Å². The van der Waals surface area contributed by atoms with Crippen LogP contribution in [0.4, 0.5) is 32.3 Å². The maximum absolute atomic E-state index is 14.7. The number of anilines is 4. The van der Waals surface area contributed by atoms with Crippen LogP contribution in [0.1, 0.15) is 66.6 Å². The van der Waals surface area contributed by atoms with Gasteiger partial charge in [-0.05, 0) is 50.5 Å². The largest absolute Gasteiger partial charge is 0.368 e. The molecule has 2 N–H and O–H groups in total. The lowest BCUT2D eigenvalue weighted by Crippen LogP contribution is -2.49. The monoisotopic (exact) mass is 668 g/mol. The van der Waals surface area contributed by atoms with Crippen LogP contribution in [-0.2, 0) is 11.3 Å². The predicted octanol–water partition coefficient (Wildman–Crippen LogP) is 3.86. The summed E-state index contributed by atoms with van der Waals surface area (Å²) in [6, 6.07) is 4.89. The first-order chi connectivity index (χ1) is 23.7. The van der Waals surface area contributed by atoms with Gasteiger partial charge in [0, 0.05) is 68.9 Å². The highest BCUT2D eigenvalue weighted by molar-refractivity contribution is 6.05. The molecule has 0 aromatic carbocycles. The number of amides is 3. The fourth-order valence-electron chi connectivity index (χ4n) is 7.03. The van der Waals surface area contributed by atoms with Crippen LogP contribution in [0.15, 0.2) is 41.6 Å². The first-order valence-electron chi connectivity index (χ1n) is 16.5. The maximum Gasteiger partial charge on any atom is 0.328 e. The van der Waals surface area contributed by atoms with Crippen LogP contribution in [0.2, 0.25) is 0 Å². The van der Waals surface area contributed by atoms with E-state index in [2.05, 4.69) is 35.4 Å². The summed E-state index contributed by atoms with van der Waals surface area (Å²) in [5.41, 5.74) is 2.79. The van der Waals surface area contributed by atoms with Crippen LogP contribution >= 0.6 is 0 Å². The molecular weight excluding hydrogens is 631 g/mol. The first kappa shape index (κ1) is 32.2. The summed E-state index contributed by atoms with van der Waals surface area (Å²) in [5.74, 6) is -0.321. The smallest absolute Gasteiger partial charge is 0.328 e. The number of piperazine rings is 1. The van der Waals surface area contributed by atoms with E-state index in [4.69, 9.17) is 4.98 Å². The standard InChI is InChI=1S/C34H37FN10O4/c1-20-26-18-38-33(41-31(26)45(23-5-3-4-6-23)32(48)29(20)21(2)46)39-27-8-7-24(16-36-27)43-13-11-42(12-14-43)19-22-15-25(17-37-30(22)35)44-10-9-28(47)40-34(44)49/h7-8,15-18,23H,3-6,9-14,19H2,1-2H3,(H,40,47,49)(H,36,38,39,41). The molecule has 3 amide bonds. The second-order valence-electron chi connectivity index (χ2n) is 12.8. The van der Waals surface area contributed by atoms with E-state index in [1.54, 1.807) is 30.0 Å². The third kappa shape index (κ3) is 6.45. The number of carbonyl (C=O) groups is 3. The second kappa shape index (κ2) is 13.3. The lowest BCUT2D eigenvalue weighted by molar-refractivity contribution is -0.120. The van der Waals surface area contributed by atoms with Crippen molar-refractivity contribution in [2.75, 3.05) is 47.8 Å². The normalized spacial score (nSPS) is 17.5. The lowest BCUT2D eigenvalue weighted by atomic mass is 10.0. The van der Waals surface area contributed by atoms with Crippen molar-refractivity contribution in [3.05, 3.63) is 69.8 Å². The van der Waals surface area contributed by atoms with Crippen molar-refractivity contribution in [2.45, 2.75) is 58.5 Å². The van der Waals surface area contributed by atoms with Crippen molar-refractivity contribution in [1.82, 2.24) is 34.7 Å². The molecule has 1 aliphatic carbocycles. The van der Waals surface area contributed by atoms with Gasteiger partial charge >= 0.3 is 6.03 Å². The average Bonchev–Trinajstić information content (AvgIpc) is 3.61. The zero-order valence-corrected chi connectivity index (χ0v) is 27.4. The van der Waals surface area contributed by atoms with Crippen LogP contribution in [0.5, 0.6) is 0 Å². The zero-order valence-electron chi connectivity index (χ0n) is 27.4. The van der Waals surface area contributed by atoms with Gasteiger partial charge in [0.25, 0.3) is 5.56 Å². The van der Waals surface area contributed by atoms with Gasteiger partial charge in [0.15, 0.2) is 5.78 Å². The Morgan fingerprint density at radius 1 is 0.980 bits per heavy atom. The van der Waals surface area contributed by atoms with Crippen LogP contribution in [0.25, 0.3) is 11.0 Å². The van der Waals surface area contributed by atoms with Crippen molar-refractivity contribution >= 4 is 51.9 Å². The van der Waals surface area contributed by atoms with Gasteiger partial charge in [0.05, 0.1) is 29.3 Å². The Labute approximate surface area is 281 Å². The van der Waals surface area contributed by atoms with Crippen molar-refractivity contribution in [3.8, 4) is 0 Å². The minimum absolute atomic E-state index is 0.00832. The number of hydrogen-bond acceptors (Lipinski definition) is 11. The predicted molar refractivity (Wildman–Crippen MR) is 181 cm³/mol. The van der Waals surface area contributed by atoms with E-state index in [0.717, 1.165) is 31.4 Å². The number of ketones is 1. The van der Waals surface area contributed by atoms with E-state index >= 15 is 0 Å². The van der Waals surface area contributed by atoms with Crippen molar-refractivity contribution < 1.29 is 18.8 Å². The molecule has 3 fully saturated rings. The summed E-state index contributed by atoms with van der Waals surface area (Å²) in [5, 5.41) is 6.13. The summed E-state index contributed by atoms with van der Waals surface area (Å²) >= 11 is 0. The second-order valence-corrected chi connectivity index (χ2v) is 12.8. The Hall–Kier alpha value is -5.31. The highest BCUT2D eigenvalue weighted by atomic mass is 19.1. The first-order valence-corrected chi connectivity index (χ1v) is 16.5. The molecule has 49 heavy (non-hydrogen) atoms. The fraction of sp³-hybridized carbons (Fsp3) is 0.412. The molecular formula is C34H37FN10O4. The van der Waals surface area contributed by atoms with Gasteiger partial charge in [-0.3, -0.25) is 34.1 Å². The van der Waals surface area contributed by atoms with Crippen LogP contribution in [-0.4, -0.2) is 79.8 Å². The topological polar surface area (TPSA) is 159 Å². The van der Waals surface area contributed by atoms with Crippen LogP contribution in [0.3, 0.4) is 0 Å². The molecule has 0 atom stereocenters. The van der Waals surface area contributed by atoms with Crippen molar-refractivity contribution in [3.63, 3.8) is 0 Å². The van der Waals surface area contributed by atoms with E-state index in [0.29, 0.717) is 72.3 Å². The Kier molecular flexibility index (Phi) is 8.75. The molecule has 1 saturated carbocycles.